The van der Waals surface area contributed by atoms with Crippen LogP contribution in [0.5, 0.6) is 0 Å². The van der Waals surface area contributed by atoms with Crippen molar-refractivity contribution < 1.29 is 5.11 Å². The van der Waals surface area contributed by atoms with Crippen LogP contribution in [0.4, 0.5) is 0 Å². The van der Waals surface area contributed by atoms with Crippen LogP contribution in [-0.2, 0) is 0 Å². The van der Waals surface area contributed by atoms with Gasteiger partial charge in [0.1, 0.15) is 0 Å². The number of nitrogens with zero attached hydrogens (tertiary/aromatic N) is 1. The highest BCUT2D eigenvalue weighted by Gasteiger charge is 2.30. The van der Waals surface area contributed by atoms with E-state index in [2.05, 4.69) is 0 Å². The van der Waals surface area contributed by atoms with E-state index in [9.17, 15) is 5.11 Å². The van der Waals surface area contributed by atoms with Gasteiger partial charge >= 0.3 is 0 Å². The topological polar surface area (TPSA) is 23.5 Å². The monoisotopic (exact) mass is 227 g/mol. The van der Waals surface area contributed by atoms with Crippen molar-refractivity contribution in [1.82, 2.24) is 4.90 Å². The van der Waals surface area contributed by atoms with Gasteiger partial charge in [-0.1, -0.05) is 23.7 Å². The first-order valence-electron chi connectivity index (χ1n) is 4.96. The highest BCUT2D eigenvalue weighted by atomic mass is 35.5. The molecular weight excluding hydrogens is 210 g/mol. The molecule has 2 nitrogen and oxygen atoms in total. The molecule has 0 aliphatic carbocycles. The van der Waals surface area contributed by atoms with Crippen LogP contribution in [0.2, 0.25) is 5.02 Å². The van der Waals surface area contributed by atoms with E-state index in [4.69, 9.17) is 11.6 Å². The van der Waals surface area contributed by atoms with Gasteiger partial charge in [-0.05, 0) is 45.6 Å². The zero-order valence-corrected chi connectivity index (χ0v) is 10.4. The highest BCUT2D eigenvalue weighted by Crippen LogP contribution is 2.29. The van der Waals surface area contributed by atoms with Crippen molar-refractivity contribution in [2.45, 2.75) is 25.5 Å². The first-order chi connectivity index (χ1) is 6.85. The normalized spacial score (nSPS) is 14.3. The van der Waals surface area contributed by atoms with Crippen LogP contribution in [-0.4, -0.2) is 29.6 Å². The van der Waals surface area contributed by atoms with Crippen LogP contribution < -0.4 is 0 Å². The molecule has 0 saturated heterocycles. The van der Waals surface area contributed by atoms with Crippen LogP contribution in [0.3, 0.4) is 0 Å². The zero-order chi connectivity index (χ0) is 11.6. The number of aliphatic hydroxyl groups is 1. The van der Waals surface area contributed by atoms with Gasteiger partial charge in [-0.25, -0.2) is 0 Å². The molecule has 0 aliphatic rings. The van der Waals surface area contributed by atoms with E-state index in [1.165, 1.54) is 0 Å². The summed E-state index contributed by atoms with van der Waals surface area (Å²) in [6.07, 6.45) is -0.523. The summed E-state index contributed by atoms with van der Waals surface area (Å²) < 4.78 is 0. The molecule has 1 N–H and O–H groups in total. The van der Waals surface area contributed by atoms with E-state index in [1.807, 2.05) is 45.0 Å². The molecule has 0 radical (unpaired) electrons. The lowest BCUT2D eigenvalue weighted by molar-refractivity contribution is 0.0164. The molecule has 1 rings (SSSR count). The number of hydrogen-bond acceptors (Lipinski definition) is 2. The van der Waals surface area contributed by atoms with Crippen LogP contribution in [0.15, 0.2) is 24.3 Å². The Bertz CT molecular complexity index is 319. The minimum atomic E-state index is -0.523. The van der Waals surface area contributed by atoms with Crippen molar-refractivity contribution >= 4 is 11.6 Å². The number of rotatable bonds is 3. The van der Waals surface area contributed by atoms with Gasteiger partial charge in [-0.3, -0.25) is 0 Å². The summed E-state index contributed by atoms with van der Waals surface area (Å²) in [6.45, 7) is 4.01. The van der Waals surface area contributed by atoms with Crippen molar-refractivity contribution in [3.63, 3.8) is 0 Å². The van der Waals surface area contributed by atoms with E-state index in [0.29, 0.717) is 5.02 Å². The largest absolute Gasteiger partial charge is 0.386 e. The lowest BCUT2D eigenvalue weighted by Crippen LogP contribution is -2.43. The maximum Gasteiger partial charge on any atom is 0.0967 e. The second-order valence-electron chi connectivity index (χ2n) is 4.50. The molecule has 3 heteroatoms. The fraction of sp³-hybridized carbons (Fsp3) is 0.500. The number of likely N-dealkylation sites (N-methyl/N-ethyl adjacent to an activating group) is 1. The van der Waals surface area contributed by atoms with Crippen LogP contribution in [0, 0.1) is 0 Å². The van der Waals surface area contributed by atoms with E-state index in [1.54, 1.807) is 12.1 Å². The first-order valence-corrected chi connectivity index (χ1v) is 5.34. The fourth-order valence-corrected chi connectivity index (χ4v) is 1.42. The van der Waals surface area contributed by atoms with E-state index >= 15 is 0 Å². The Kier molecular flexibility index (Phi) is 3.77. The van der Waals surface area contributed by atoms with Crippen molar-refractivity contribution in [3.8, 4) is 0 Å². The number of benzene rings is 1. The third kappa shape index (κ3) is 2.71. The summed E-state index contributed by atoms with van der Waals surface area (Å²) in [4.78, 5) is 2.01. The fourth-order valence-electron chi connectivity index (χ4n) is 1.30. The summed E-state index contributed by atoms with van der Waals surface area (Å²) in [6, 6.07) is 7.31. The minimum absolute atomic E-state index is 0.298. The summed E-state index contributed by atoms with van der Waals surface area (Å²) in [5.41, 5.74) is 0.589. The molecule has 0 aliphatic heterocycles. The summed E-state index contributed by atoms with van der Waals surface area (Å²) in [7, 11) is 3.91. The minimum Gasteiger partial charge on any atom is -0.386 e. The third-order valence-electron chi connectivity index (χ3n) is 3.01. The number of aliphatic hydroxyl groups excluding tert-OH is 1. The third-order valence-corrected chi connectivity index (χ3v) is 3.26. The number of halogens is 1. The molecule has 1 atom stereocenters. The number of hydrogen-bond donors (Lipinski definition) is 1. The SMILES string of the molecule is CN(C)C(C)(C)C(O)c1ccc(Cl)cc1. The molecule has 0 fully saturated rings. The van der Waals surface area contributed by atoms with Gasteiger partial charge in [0.25, 0.3) is 0 Å². The van der Waals surface area contributed by atoms with Crippen LogP contribution in [0.1, 0.15) is 25.5 Å². The summed E-state index contributed by atoms with van der Waals surface area (Å²) >= 11 is 5.80. The van der Waals surface area contributed by atoms with Gasteiger partial charge in [0, 0.05) is 10.6 Å². The van der Waals surface area contributed by atoms with E-state index in [0.717, 1.165) is 5.56 Å². The molecule has 1 aromatic carbocycles. The van der Waals surface area contributed by atoms with E-state index in [-0.39, 0.29) is 5.54 Å². The molecule has 1 unspecified atom stereocenters. The lowest BCUT2D eigenvalue weighted by Gasteiger charge is -2.37. The Morgan fingerprint density at radius 2 is 1.67 bits per heavy atom. The quantitative estimate of drug-likeness (QED) is 0.859. The van der Waals surface area contributed by atoms with Crippen LogP contribution >= 0.6 is 11.6 Å². The molecule has 0 saturated carbocycles. The van der Waals surface area contributed by atoms with Gasteiger partial charge < -0.3 is 10.0 Å². The standard InChI is InChI=1S/C12H18ClNO/c1-12(2,14(3)4)11(15)9-5-7-10(13)8-6-9/h5-8,11,15H,1-4H3. The lowest BCUT2D eigenvalue weighted by atomic mass is 9.90. The summed E-state index contributed by atoms with van der Waals surface area (Å²) in [5.74, 6) is 0. The van der Waals surface area contributed by atoms with Crippen molar-refractivity contribution in [1.29, 1.82) is 0 Å². The molecule has 0 amide bonds. The Labute approximate surface area is 96.5 Å². The molecular formula is C12H18ClNO. The Balaban J connectivity index is 2.94. The molecule has 0 spiro atoms. The Morgan fingerprint density at radius 1 is 1.20 bits per heavy atom. The second kappa shape index (κ2) is 4.52. The van der Waals surface area contributed by atoms with Gasteiger partial charge in [-0.2, -0.15) is 0 Å². The smallest absolute Gasteiger partial charge is 0.0967 e. The van der Waals surface area contributed by atoms with Crippen molar-refractivity contribution in [3.05, 3.63) is 34.9 Å². The van der Waals surface area contributed by atoms with Gasteiger partial charge in [0.05, 0.1) is 6.10 Å². The predicted molar refractivity (Wildman–Crippen MR) is 64.2 cm³/mol. The van der Waals surface area contributed by atoms with Gasteiger partial charge in [0.2, 0.25) is 0 Å². The van der Waals surface area contributed by atoms with E-state index < -0.39 is 6.10 Å². The second-order valence-corrected chi connectivity index (χ2v) is 4.94. The average Bonchev–Trinajstić information content (AvgIpc) is 2.17. The molecule has 84 valence electrons. The molecule has 0 heterocycles. The maximum absolute atomic E-state index is 10.2. The highest BCUT2D eigenvalue weighted by molar-refractivity contribution is 6.30. The predicted octanol–water partition coefficient (Wildman–Crippen LogP) is 2.71. The Morgan fingerprint density at radius 3 is 2.07 bits per heavy atom. The molecule has 15 heavy (non-hydrogen) atoms. The molecule has 0 bridgehead atoms. The zero-order valence-electron chi connectivity index (χ0n) is 9.66. The first kappa shape index (κ1) is 12.5. The van der Waals surface area contributed by atoms with Gasteiger partial charge in [0.15, 0.2) is 0 Å². The van der Waals surface area contributed by atoms with Crippen molar-refractivity contribution in [2.24, 2.45) is 0 Å². The average molecular weight is 228 g/mol. The van der Waals surface area contributed by atoms with Gasteiger partial charge in [-0.15, -0.1) is 0 Å². The molecule has 0 aromatic heterocycles. The Hall–Kier alpha value is -0.570. The summed E-state index contributed by atoms with van der Waals surface area (Å²) in [5, 5.41) is 10.9. The van der Waals surface area contributed by atoms with Crippen LogP contribution in [0.25, 0.3) is 0 Å². The molecule has 1 aromatic rings. The maximum atomic E-state index is 10.2. The van der Waals surface area contributed by atoms with Crippen molar-refractivity contribution in [2.75, 3.05) is 14.1 Å².